The first kappa shape index (κ1) is 12.3. The SMILES string of the molecule is CCC(CCCNC)SC(C)C. The zero-order valence-corrected chi connectivity index (χ0v) is 9.71. The summed E-state index contributed by atoms with van der Waals surface area (Å²) >= 11 is 2.12. The van der Waals surface area contributed by atoms with Gasteiger partial charge in [-0.05, 0) is 38.1 Å². The minimum atomic E-state index is 0.782. The Kier molecular flexibility index (Phi) is 8.14. The van der Waals surface area contributed by atoms with Gasteiger partial charge in [-0.1, -0.05) is 20.8 Å². The third kappa shape index (κ3) is 6.99. The van der Waals surface area contributed by atoms with Gasteiger partial charge < -0.3 is 5.32 Å². The fraction of sp³-hybridized carbons (Fsp3) is 1.00. The topological polar surface area (TPSA) is 12.0 Å². The molecule has 74 valence electrons. The summed E-state index contributed by atoms with van der Waals surface area (Å²) in [6, 6.07) is 0. The largest absolute Gasteiger partial charge is 0.320 e. The smallest absolute Gasteiger partial charge is 0.00474 e. The molecule has 0 saturated heterocycles. The van der Waals surface area contributed by atoms with Gasteiger partial charge in [-0.25, -0.2) is 0 Å². The third-order valence-electron chi connectivity index (χ3n) is 1.87. The zero-order valence-electron chi connectivity index (χ0n) is 8.89. The van der Waals surface area contributed by atoms with Crippen molar-refractivity contribution < 1.29 is 0 Å². The Balaban J connectivity index is 3.39. The molecule has 0 aliphatic heterocycles. The number of nitrogens with one attached hydrogen (secondary N) is 1. The molecule has 0 spiro atoms. The van der Waals surface area contributed by atoms with Gasteiger partial charge in [0.2, 0.25) is 0 Å². The maximum Gasteiger partial charge on any atom is 0.00474 e. The third-order valence-corrected chi connectivity index (χ3v) is 3.37. The molecule has 0 amide bonds. The van der Waals surface area contributed by atoms with Crippen LogP contribution in [0.25, 0.3) is 0 Å². The van der Waals surface area contributed by atoms with Crippen molar-refractivity contribution in [2.24, 2.45) is 0 Å². The molecule has 0 aromatic heterocycles. The van der Waals surface area contributed by atoms with E-state index in [4.69, 9.17) is 0 Å². The van der Waals surface area contributed by atoms with Crippen LogP contribution >= 0.6 is 11.8 Å². The zero-order chi connectivity index (χ0) is 9.40. The van der Waals surface area contributed by atoms with E-state index in [2.05, 4.69) is 37.8 Å². The van der Waals surface area contributed by atoms with E-state index >= 15 is 0 Å². The van der Waals surface area contributed by atoms with E-state index < -0.39 is 0 Å². The van der Waals surface area contributed by atoms with Gasteiger partial charge in [0.15, 0.2) is 0 Å². The lowest BCUT2D eigenvalue weighted by Crippen LogP contribution is -2.12. The molecule has 0 radical (unpaired) electrons. The average Bonchev–Trinajstić information content (AvgIpc) is 2.02. The molecular weight excluding hydrogens is 166 g/mol. The maximum absolute atomic E-state index is 3.19. The lowest BCUT2D eigenvalue weighted by atomic mass is 10.2. The molecule has 0 aliphatic rings. The molecule has 0 bridgehead atoms. The van der Waals surface area contributed by atoms with Gasteiger partial charge in [0.25, 0.3) is 0 Å². The minimum absolute atomic E-state index is 0.782. The first-order valence-corrected chi connectivity index (χ1v) is 5.95. The van der Waals surface area contributed by atoms with E-state index in [0.29, 0.717) is 0 Å². The van der Waals surface area contributed by atoms with Crippen molar-refractivity contribution in [1.82, 2.24) is 5.32 Å². The molecule has 0 aromatic rings. The molecule has 1 atom stereocenters. The van der Waals surface area contributed by atoms with Crippen LogP contribution in [0.3, 0.4) is 0 Å². The number of thioether (sulfide) groups is 1. The van der Waals surface area contributed by atoms with Gasteiger partial charge in [-0.3, -0.25) is 0 Å². The monoisotopic (exact) mass is 189 g/mol. The molecular formula is C10H23NS. The van der Waals surface area contributed by atoms with Gasteiger partial charge in [0.1, 0.15) is 0 Å². The number of hydrogen-bond donors (Lipinski definition) is 1. The summed E-state index contributed by atoms with van der Waals surface area (Å²) in [4.78, 5) is 0. The van der Waals surface area contributed by atoms with E-state index in [1.54, 1.807) is 0 Å². The standard InChI is InChI=1S/C10H23NS/c1-5-10(12-9(2)3)7-6-8-11-4/h9-11H,5-8H2,1-4H3. The first-order chi connectivity index (χ1) is 5.70. The van der Waals surface area contributed by atoms with E-state index in [-0.39, 0.29) is 0 Å². The summed E-state index contributed by atoms with van der Waals surface area (Å²) in [5.74, 6) is 0. The van der Waals surface area contributed by atoms with Crippen LogP contribution in [0, 0.1) is 0 Å². The van der Waals surface area contributed by atoms with Gasteiger partial charge in [-0.15, -0.1) is 0 Å². The second-order valence-corrected chi connectivity index (χ2v) is 5.34. The Morgan fingerprint density at radius 1 is 1.33 bits per heavy atom. The predicted molar refractivity (Wildman–Crippen MR) is 60.0 cm³/mol. The average molecular weight is 189 g/mol. The van der Waals surface area contributed by atoms with Crippen molar-refractivity contribution in [3.8, 4) is 0 Å². The summed E-state index contributed by atoms with van der Waals surface area (Å²) in [6.07, 6.45) is 3.99. The molecule has 0 aliphatic carbocycles. The molecule has 0 saturated carbocycles. The lowest BCUT2D eigenvalue weighted by Gasteiger charge is -2.16. The summed E-state index contributed by atoms with van der Waals surface area (Å²) < 4.78 is 0. The Morgan fingerprint density at radius 3 is 2.42 bits per heavy atom. The van der Waals surface area contributed by atoms with Crippen LogP contribution in [-0.2, 0) is 0 Å². The van der Waals surface area contributed by atoms with Crippen molar-refractivity contribution in [3.05, 3.63) is 0 Å². The lowest BCUT2D eigenvalue weighted by molar-refractivity contribution is 0.644. The quantitative estimate of drug-likeness (QED) is 0.618. The van der Waals surface area contributed by atoms with Crippen LogP contribution in [0.1, 0.15) is 40.0 Å². The highest BCUT2D eigenvalue weighted by Gasteiger charge is 2.07. The molecule has 2 heteroatoms. The van der Waals surface area contributed by atoms with Crippen LogP contribution < -0.4 is 5.32 Å². The van der Waals surface area contributed by atoms with Gasteiger partial charge >= 0.3 is 0 Å². The van der Waals surface area contributed by atoms with Crippen molar-refractivity contribution in [2.45, 2.75) is 50.5 Å². The second-order valence-electron chi connectivity index (χ2n) is 3.46. The van der Waals surface area contributed by atoms with Crippen LogP contribution in [0.4, 0.5) is 0 Å². The minimum Gasteiger partial charge on any atom is -0.320 e. The highest BCUT2D eigenvalue weighted by atomic mass is 32.2. The molecule has 12 heavy (non-hydrogen) atoms. The van der Waals surface area contributed by atoms with E-state index in [1.807, 2.05) is 7.05 Å². The molecule has 0 aromatic carbocycles. The molecule has 1 unspecified atom stereocenters. The second kappa shape index (κ2) is 7.93. The Bertz CT molecular complexity index is 93.8. The van der Waals surface area contributed by atoms with Crippen molar-refractivity contribution in [2.75, 3.05) is 13.6 Å². The first-order valence-electron chi connectivity index (χ1n) is 5.00. The fourth-order valence-electron chi connectivity index (χ4n) is 1.26. The van der Waals surface area contributed by atoms with Gasteiger partial charge in [0.05, 0.1) is 0 Å². The van der Waals surface area contributed by atoms with Crippen LogP contribution in [0.15, 0.2) is 0 Å². The molecule has 0 rings (SSSR count). The van der Waals surface area contributed by atoms with Crippen LogP contribution in [0.5, 0.6) is 0 Å². The molecule has 1 N–H and O–H groups in total. The Hall–Kier alpha value is 0.310. The van der Waals surface area contributed by atoms with Crippen molar-refractivity contribution >= 4 is 11.8 Å². The highest BCUT2D eigenvalue weighted by Crippen LogP contribution is 2.23. The van der Waals surface area contributed by atoms with E-state index in [0.717, 1.165) is 17.0 Å². The molecule has 0 fully saturated rings. The maximum atomic E-state index is 3.19. The van der Waals surface area contributed by atoms with Crippen molar-refractivity contribution in [3.63, 3.8) is 0 Å². The fourth-order valence-corrected chi connectivity index (χ4v) is 2.52. The van der Waals surface area contributed by atoms with Crippen molar-refractivity contribution in [1.29, 1.82) is 0 Å². The summed E-state index contributed by atoms with van der Waals surface area (Å²) in [5, 5.41) is 4.85. The summed E-state index contributed by atoms with van der Waals surface area (Å²) in [5.41, 5.74) is 0. The normalized spacial score (nSPS) is 13.8. The number of hydrogen-bond acceptors (Lipinski definition) is 2. The summed E-state index contributed by atoms with van der Waals surface area (Å²) in [7, 11) is 2.02. The summed E-state index contributed by atoms with van der Waals surface area (Å²) in [6.45, 7) is 8.02. The van der Waals surface area contributed by atoms with E-state index in [9.17, 15) is 0 Å². The van der Waals surface area contributed by atoms with E-state index in [1.165, 1.54) is 19.3 Å². The van der Waals surface area contributed by atoms with Crippen LogP contribution in [0.2, 0.25) is 0 Å². The Labute approximate surface area is 81.7 Å². The molecule has 1 nitrogen and oxygen atoms in total. The van der Waals surface area contributed by atoms with Crippen LogP contribution in [-0.4, -0.2) is 24.1 Å². The predicted octanol–water partition coefficient (Wildman–Crippen LogP) is 2.91. The molecule has 0 heterocycles. The highest BCUT2D eigenvalue weighted by molar-refractivity contribution is 8.00. The van der Waals surface area contributed by atoms with Gasteiger partial charge in [0, 0.05) is 5.25 Å². The Morgan fingerprint density at radius 2 is 2.00 bits per heavy atom. The number of rotatable bonds is 7. The van der Waals surface area contributed by atoms with Gasteiger partial charge in [-0.2, -0.15) is 11.8 Å².